The Balaban J connectivity index is 1.23. The van der Waals surface area contributed by atoms with Crippen molar-refractivity contribution in [2.45, 2.75) is 31.4 Å². The molecule has 1 atom stereocenters. The first-order valence-corrected chi connectivity index (χ1v) is 11.1. The predicted octanol–water partition coefficient (Wildman–Crippen LogP) is 1.81. The van der Waals surface area contributed by atoms with Gasteiger partial charge in [0.1, 0.15) is 12.4 Å². The van der Waals surface area contributed by atoms with Gasteiger partial charge in [-0.25, -0.2) is 14.8 Å². The summed E-state index contributed by atoms with van der Waals surface area (Å²) in [7, 11) is 0. The van der Waals surface area contributed by atoms with E-state index >= 15 is 0 Å². The largest absolute Gasteiger partial charge is 0.471 e. The molecule has 166 valence electrons. The van der Waals surface area contributed by atoms with Crippen LogP contribution >= 0.6 is 0 Å². The predicted molar refractivity (Wildman–Crippen MR) is 116 cm³/mol. The summed E-state index contributed by atoms with van der Waals surface area (Å²) in [5.41, 5.74) is 1.96. The number of fused-ring (bicyclic) bond motifs is 1. The molecule has 1 aromatic carbocycles. The normalized spacial score (nSPS) is 22.6. The van der Waals surface area contributed by atoms with Gasteiger partial charge in [0.15, 0.2) is 0 Å². The third-order valence-electron chi connectivity index (χ3n) is 6.23. The highest BCUT2D eigenvalue weighted by Gasteiger charge is 2.25. The number of ether oxygens (including phenoxy) is 3. The van der Waals surface area contributed by atoms with E-state index in [-0.39, 0.29) is 18.2 Å². The summed E-state index contributed by atoms with van der Waals surface area (Å²) in [5, 5.41) is 4.06. The summed E-state index contributed by atoms with van der Waals surface area (Å²) in [6, 6.07) is 6.44. The monoisotopic (exact) mass is 427 g/mol. The Kier molecular flexibility index (Phi) is 6.04. The molecule has 0 bridgehead atoms. The summed E-state index contributed by atoms with van der Waals surface area (Å²) in [6.45, 7) is 5.74. The molecule has 3 aliphatic heterocycles. The minimum absolute atomic E-state index is 0.0351. The van der Waals surface area contributed by atoms with Crippen LogP contribution in [0.3, 0.4) is 0 Å². The first kappa shape index (κ1) is 20.3. The van der Waals surface area contributed by atoms with Crippen LogP contribution in [-0.2, 0) is 9.47 Å². The topological polar surface area (TPSA) is 89.1 Å². The Morgan fingerprint density at radius 1 is 1.03 bits per heavy atom. The van der Waals surface area contributed by atoms with E-state index in [0.29, 0.717) is 25.6 Å². The van der Waals surface area contributed by atoms with Crippen molar-refractivity contribution >= 4 is 22.6 Å². The van der Waals surface area contributed by atoms with Gasteiger partial charge < -0.3 is 29.3 Å². The Morgan fingerprint density at radius 2 is 1.84 bits per heavy atom. The lowest BCUT2D eigenvalue weighted by molar-refractivity contribution is 0.0779. The molecule has 0 spiro atoms. The number of piperazine rings is 1. The third kappa shape index (κ3) is 4.67. The molecule has 3 saturated heterocycles. The van der Waals surface area contributed by atoms with E-state index in [1.165, 1.54) is 0 Å². The molecule has 9 nitrogen and oxygen atoms in total. The van der Waals surface area contributed by atoms with Gasteiger partial charge in [-0.05, 0) is 31.0 Å². The fraction of sp³-hybridized carbons (Fsp3) is 0.591. The summed E-state index contributed by atoms with van der Waals surface area (Å²) in [5.74, 6) is 0.608. The van der Waals surface area contributed by atoms with Crippen LogP contribution in [0.25, 0.3) is 10.9 Å². The van der Waals surface area contributed by atoms with Crippen LogP contribution in [0.4, 0.5) is 10.5 Å². The molecule has 2 amide bonds. The summed E-state index contributed by atoms with van der Waals surface area (Å²) < 4.78 is 16.9. The third-order valence-corrected chi connectivity index (χ3v) is 6.23. The number of amides is 2. The van der Waals surface area contributed by atoms with Crippen LogP contribution in [0.15, 0.2) is 24.5 Å². The average molecular weight is 428 g/mol. The highest BCUT2D eigenvalue weighted by atomic mass is 16.5. The molecule has 3 fully saturated rings. The number of hydrogen-bond acceptors (Lipinski definition) is 7. The quantitative estimate of drug-likeness (QED) is 0.796. The van der Waals surface area contributed by atoms with E-state index in [9.17, 15) is 4.79 Å². The lowest BCUT2D eigenvalue weighted by Crippen LogP contribution is -2.54. The van der Waals surface area contributed by atoms with E-state index in [1.807, 2.05) is 11.0 Å². The molecule has 9 heteroatoms. The number of anilines is 1. The first-order chi connectivity index (χ1) is 15.3. The van der Waals surface area contributed by atoms with Crippen molar-refractivity contribution in [2.24, 2.45) is 0 Å². The second-order valence-electron chi connectivity index (χ2n) is 8.29. The number of benzene rings is 1. The zero-order valence-corrected chi connectivity index (χ0v) is 17.7. The fourth-order valence-corrected chi connectivity index (χ4v) is 4.35. The second-order valence-corrected chi connectivity index (χ2v) is 8.29. The molecule has 0 aliphatic carbocycles. The fourth-order valence-electron chi connectivity index (χ4n) is 4.35. The van der Waals surface area contributed by atoms with Gasteiger partial charge in [0, 0.05) is 57.5 Å². The van der Waals surface area contributed by atoms with Crippen LogP contribution in [0.2, 0.25) is 0 Å². The molecule has 3 aliphatic rings. The van der Waals surface area contributed by atoms with E-state index < -0.39 is 0 Å². The second kappa shape index (κ2) is 9.23. The number of nitrogens with zero attached hydrogens (tertiary/aromatic N) is 4. The van der Waals surface area contributed by atoms with Crippen molar-refractivity contribution < 1.29 is 19.0 Å². The molecular weight excluding hydrogens is 398 g/mol. The number of urea groups is 1. The summed E-state index contributed by atoms with van der Waals surface area (Å²) >= 11 is 0. The molecule has 1 N–H and O–H groups in total. The van der Waals surface area contributed by atoms with E-state index in [1.54, 1.807) is 6.33 Å². The number of nitrogens with one attached hydrogen (secondary N) is 1. The van der Waals surface area contributed by atoms with Gasteiger partial charge in [-0.1, -0.05) is 0 Å². The van der Waals surface area contributed by atoms with Gasteiger partial charge in [0.05, 0.1) is 24.1 Å². The molecule has 0 radical (unpaired) electrons. The maximum absolute atomic E-state index is 12.6. The van der Waals surface area contributed by atoms with Gasteiger partial charge in [-0.15, -0.1) is 0 Å². The Labute approximate surface area is 181 Å². The molecule has 31 heavy (non-hydrogen) atoms. The minimum Gasteiger partial charge on any atom is -0.471 e. The van der Waals surface area contributed by atoms with Gasteiger partial charge in [0.25, 0.3) is 0 Å². The van der Waals surface area contributed by atoms with Crippen molar-refractivity contribution in [3.05, 3.63) is 24.5 Å². The SMILES string of the molecule is O=C(NC1CCOCC1)N1CCN(c2ccc3ncnc(OC4CCOC4)c3c2)CC1. The molecule has 5 rings (SSSR count). The number of carbonyl (C=O) groups excluding carboxylic acids is 1. The van der Waals surface area contributed by atoms with Crippen molar-refractivity contribution in [1.82, 2.24) is 20.2 Å². The van der Waals surface area contributed by atoms with Crippen LogP contribution in [0.5, 0.6) is 5.88 Å². The summed E-state index contributed by atoms with van der Waals surface area (Å²) in [6.07, 6.45) is 4.25. The average Bonchev–Trinajstić information content (AvgIpc) is 3.33. The Morgan fingerprint density at radius 3 is 2.61 bits per heavy atom. The molecule has 2 aromatic rings. The smallest absolute Gasteiger partial charge is 0.317 e. The zero-order valence-electron chi connectivity index (χ0n) is 17.7. The van der Waals surface area contributed by atoms with Gasteiger partial charge in [0.2, 0.25) is 5.88 Å². The lowest BCUT2D eigenvalue weighted by Gasteiger charge is -2.37. The zero-order chi connectivity index (χ0) is 21.0. The van der Waals surface area contributed by atoms with Crippen LogP contribution in [-0.4, -0.2) is 85.7 Å². The Hall–Kier alpha value is -2.65. The van der Waals surface area contributed by atoms with E-state index in [4.69, 9.17) is 14.2 Å². The van der Waals surface area contributed by atoms with Crippen molar-refractivity contribution in [1.29, 1.82) is 0 Å². The summed E-state index contributed by atoms with van der Waals surface area (Å²) in [4.78, 5) is 25.6. The highest BCUT2D eigenvalue weighted by molar-refractivity contribution is 5.86. The van der Waals surface area contributed by atoms with Crippen molar-refractivity contribution in [3.63, 3.8) is 0 Å². The molecular formula is C22H29N5O4. The maximum atomic E-state index is 12.6. The van der Waals surface area contributed by atoms with Crippen molar-refractivity contribution in [3.8, 4) is 5.88 Å². The molecule has 1 unspecified atom stereocenters. The molecule has 0 saturated carbocycles. The minimum atomic E-state index is 0.0351. The van der Waals surface area contributed by atoms with Gasteiger partial charge in [-0.3, -0.25) is 0 Å². The number of rotatable bonds is 4. The van der Waals surface area contributed by atoms with E-state index in [0.717, 1.165) is 68.8 Å². The molecule has 4 heterocycles. The van der Waals surface area contributed by atoms with Gasteiger partial charge >= 0.3 is 6.03 Å². The first-order valence-electron chi connectivity index (χ1n) is 11.1. The maximum Gasteiger partial charge on any atom is 0.317 e. The number of aromatic nitrogens is 2. The van der Waals surface area contributed by atoms with Crippen LogP contribution < -0.4 is 15.0 Å². The number of carbonyl (C=O) groups is 1. The molecule has 1 aromatic heterocycles. The number of hydrogen-bond donors (Lipinski definition) is 1. The van der Waals surface area contributed by atoms with Crippen molar-refractivity contribution in [2.75, 3.05) is 57.5 Å². The van der Waals surface area contributed by atoms with E-state index in [2.05, 4.69) is 32.3 Å². The highest BCUT2D eigenvalue weighted by Crippen LogP contribution is 2.28. The lowest BCUT2D eigenvalue weighted by atomic mass is 10.1. The standard InChI is InChI=1S/C22H29N5O4/c28-22(25-16-3-10-29-11-4-16)27-8-6-26(7-9-27)17-1-2-20-19(13-17)21(24-15-23-20)31-18-5-12-30-14-18/h1-2,13,15-16,18H,3-12,14H2,(H,25,28). The van der Waals surface area contributed by atoms with Crippen LogP contribution in [0, 0.1) is 0 Å². The van der Waals surface area contributed by atoms with Gasteiger partial charge in [-0.2, -0.15) is 0 Å². The van der Waals surface area contributed by atoms with Crippen LogP contribution in [0.1, 0.15) is 19.3 Å². The Bertz CT molecular complexity index is 906.